The Balaban J connectivity index is 1.82. The number of carbonyl (C=O) groups excluding carboxylic acids is 2. The van der Waals surface area contributed by atoms with E-state index in [-0.39, 0.29) is 23.2 Å². The summed E-state index contributed by atoms with van der Waals surface area (Å²) in [5, 5.41) is 24.0. The second-order valence-corrected chi connectivity index (χ2v) is 9.22. The highest BCUT2D eigenvalue weighted by molar-refractivity contribution is 6.11. The normalized spacial score (nSPS) is 23.6. The molecule has 1 heterocycles. The molecule has 2 saturated carbocycles. The van der Waals surface area contributed by atoms with Crippen LogP contribution in [0.3, 0.4) is 0 Å². The molecule has 1 aromatic rings. The van der Waals surface area contributed by atoms with E-state index in [9.17, 15) is 24.8 Å². The van der Waals surface area contributed by atoms with Crippen molar-refractivity contribution < 1.29 is 29.1 Å². The van der Waals surface area contributed by atoms with E-state index in [1.54, 1.807) is 6.92 Å². The van der Waals surface area contributed by atoms with Crippen molar-refractivity contribution in [2.75, 3.05) is 7.11 Å². The largest absolute Gasteiger partial charge is 0.865 e. The number of hydrogen-bond donors (Lipinski definition) is 0. The van der Waals surface area contributed by atoms with Crippen LogP contribution in [-0.4, -0.2) is 35.6 Å². The molecule has 182 valence electrons. The predicted octanol–water partition coefficient (Wildman–Crippen LogP) is 4.12. The Bertz CT molecular complexity index is 1070. The summed E-state index contributed by atoms with van der Waals surface area (Å²) in [6, 6.07) is 2.56. The summed E-state index contributed by atoms with van der Waals surface area (Å²) < 4.78 is 11.0. The first-order valence-electron chi connectivity index (χ1n) is 11.9. The highest BCUT2D eigenvalue weighted by Crippen LogP contribution is 2.46. The maximum atomic E-state index is 13.5. The maximum Gasteiger partial charge on any atom is 0.336 e. The molecule has 0 radical (unpaired) electrons. The average molecular weight is 470 g/mol. The monoisotopic (exact) mass is 469 g/mol. The van der Waals surface area contributed by atoms with Crippen molar-refractivity contribution in [2.45, 2.75) is 76.7 Å². The number of carbonyl (C=O) groups is 2. The number of methoxy groups -OCH3 is 1. The number of esters is 1. The summed E-state index contributed by atoms with van der Waals surface area (Å²) in [5.74, 6) is -3.23. The van der Waals surface area contributed by atoms with E-state index in [4.69, 9.17) is 9.47 Å². The lowest BCUT2D eigenvalue weighted by Crippen LogP contribution is -2.39. The number of nitro groups is 1. The van der Waals surface area contributed by atoms with E-state index in [1.165, 1.54) is 13.2 Å². The minimum atomic E-state index is -0.848. The molecule has 9 nitrogen and oxygen atoms in total. The van der Waals surface area contributed by atoms with Crippen LogP contribution >= 0.6 is 0 Å². The van der Waals surface area contributed by atoms with Gasteiger partial charge < -0.3 is 14.6 Å². The third-order valence-electron chi connectivity index (χ3n) is 7.04. The second-order valence-electron chi connectivity index (χ2n) is 9.22. The molecule has 0 bridgehead atoms. The summed E-state index contributed by atoms with van der Waals surface area (Å²) >= 11 is 0. The molecular formula is C25H29N2O7-. The van der Waals surface area contributed by atoms with Crippen LogP contribution in [0.25, 0.3) is 0 Å². The summed E-state index contributed by atoms with van der Waals surface area (Å²) in [6.07, 6.45) is 7.13. The Morgan fingerprint density at radius 1 is 1.09 bits per heavy atom. The topological polar surface area (TPSA) is 131 Å². The van der Waals surface area contributed by atoms with Gasteiger partial charge in [-0.05, 0) is 57.1 Å². The molecule has 34 heavy (non-hydrogen) atoms. The van der Waals surface area contributed by atoms with Crippen molar-refractivity contribution in [3.8, 4) is 11.5 Å². The zero-order valence-electron chi connectivity index (χ0n) is 19.5. The minimum absolute atomic E-state index is 0.0740. The predicted molar refractivity (Wildman–Crippen MR) is 122 cm³/mol. The van der Waals surface area contributed by atoms with Crippen LogP contribution in [0.5, 0.6) is 11.5 Å². The van der Waals surface area contributed by atoms with Crippen LogP contribution < -0.4 is 9.84 Å². The molecule has 0 saturated heterocycles. The van der Waals surface area contributed by atoms with Gasteiger partial charge in [-0.3, -0.25) is 19.9 Å². The van der Waals surface area contributed by atoms with Crippen LogP contribution in [0.15, 0.2) is 28.4 Å². The molecule has 9 heteroatoms. The SMILES string of the molecule is COc1cc([C@@H]2C(C(=O)OC3CCCCCC3)=C(C)N=C3CCCC(=O)[C@@H]32)cc([N+](=O)[O-])c1[O-]. The van der Waals surface area contributed by atoms with Crippen LogP contribution in [0, 0.1) is 16.0 Å². The van der Waals surface area contributed by atoms with Gasteiger partial charge in [0.25, 0.3) is 5.69 Å². The fraction of sp³-hybridized carbons (Fsp3) is 0.560. The van der Waals surface area contributed by atoms with Crippen molar-refractivity contribution in [1.82, 2.24) is 0 Å². The van der Waals surface area contributed by atoms with Crippen molar-refractivity contribution in [1.29, 1.82) is 0 Å². The third kappa shape index (κ3) is 4.56. The molecule has 0 N–H and O–H groups in total. The van der Waals surface area contributed by atoms with Gasteiger partial charge >= 0.3 is 5.97 Å². The van der Waals surface area contributed by atoms with E-state index < -0.39 is 34.2 Å². The highest BCUT2D eigenvalue weighted by atomic mass is 16.6. The van der Waals surface area contributed by atoms with Gasteiger partial charge in [-0.1, -0.05) is 12.8 Å². The minimum Gasteiger partial charge on any atom is -0.865 e. The van der Waals surface area contributed by atoms with Crippen LogP contribution in [0.4, 0.5) is 5.69 Å². The molecule has 4 rings (SSSR count). The van der Waals surface area contributed by atoms with Gasteiger partial charge in [-0.25, -0.2) is 4.79 Å². The maximum absolute atomic E-state index is 13.5. The molecule has 0 spiro atoms. The van der Waals surface area contributed by atoms with Gasteiger partial charge in [0.05, 0.1) is 23.5 Å². The first kappa shape index (κ1) is 23.9. The van der Waals surface area contributed by atoms with Crippen LogP contribution in [0.2, 0.25) is 0 Å². The lowest BCUT2D eigenvalue weighted by Gasteiger charge is -2.36. The number of hydrogen-bond acceptors (Lipinski definition) is 8. The van der Waals surface area contributed by atoms with E-state index in [2.05, 4.69) is 4.99 Å². The number of aliphatic imine (C=N–C) groups is 1. The summed E-state index contributed by atoms with van der Waals surface area (Å²) in [4.78, 5) is 42.0. The molecule has 0 amide bonds. The highest BCUT2D eigenvalue weighted by Gasteiger charge is 2.44. The lowest BCUT2D eigenvalue weighted by atomic mass is 9.69. The van der Waals surface area contributed by atoms with Gasteiger partial charge in [0.1, 0.15) is 17.6 Å². The zero-order valence-corrected chi connectivity index (χ0v) is 19.5. The Kier molecular flexibility index (Phi) is 7.00. The Morgan fingerprint density at radius 3 is 2.44 bits per heavy atom. The first-order valence-corrected chi connectivity index (χ1v) is 11.9. The number of ketones is 1. The summed E-state index contributed by atoms with van der Waals surface area (Å²) in [7, 11) is 1.26. The Labute approximate surface area is 198 Å². The van der Waals surface area contributed by atoms with Crippen LogP contribution in [-0.2, 0) is 14.3 Å². The number of Topliss-reactive ketones (excluding diaryl/α,β-unsaturated/α-hetero) is 1. The van der Waals surface area contributed by atoms with Gasteiger partial charge in [-0.15, -0.1) is 0 Å². The average Bonchev–Trinajstić information content (AvgIpc) is 3.07. The molecule has 0 aromatic heterocycles. The fourth-order valence-electron chi connectivity index (χ4n) is 5.40. The van der Waals surface area contributed by atoms with E-state index in [0.717, 1.165) is 44.6 Å². The van der Waals surface area contributed by atoms with Crippen LogP contribution in [0.1, 0.15) is 76.2 Å². The fourth-order valence-corrected chi connectivity index (χ4v) is 5.40. The van der Waals surface area contributed by atoms with Crippen molar-refractivity contribution in [3.05, 3.63) is 39.1 Å². The number of allylic oxidation sites excluding steroid dienone is 1. The van der Waals surface area contributed by atoms with E-state index in [1.807, 2.05) is 0 Å². The molecule has 3 aliphatic rings. The third-order valence-corrected chi connectivity index (χ3v) is 7.04. The van der Waals surface area contributed by atoms with Gasteiger partial charge in [-0.2, -0.15) is 0 Å². The number of rotatable bonds is 5. The number of benzene rings is 1. The first-order chi connectivity index (χ1) is 16.3. The number of nitro benzene ring substituents is 1. The van der Waals surface area contributed by atoms with Gasteiger partial charge in [0.2, 0.25) is 0 Å². The summed E-state index contributed by atoms with van der Waals surface area (Å²) in [5.41, 5.74) is 0.983. The Morgan fingerprint density at radius 2 is 1.79 bits per heavy atom. The van der Waals surface area contributed by atoms with Crippen molar-refractivity contribution in [2.24, 2.45) is 10.9 Å². The summed E-state index contributed by atoms with van der Waals surface area (Å²) in [6.45, 7) is 1.70. The smallest absolute Gasteiger partial charge is 0.336 e. The van der Waals surface area contributed by atoms with E-state index >= 15 is 0 Å². The van der Waals surface area contributed by atoms with Gasteiger partial charge in [0, 0.05) is 35.6 Å². The number of fused-ring (bicyclic) bond motifs is 1. The second kappa shape index (κ2) is 9.95. The number of ether oxygens (including phenoxy) is 2. The van der Waals surface area contributed by atoms with E-state index in [0.29, 0.717) is 36.2 Å². The standard InChI is InChI=1S/C25H30N2O7/c1-14-21(25(30)34-16-8-5-3-4-6-9-16)22(23-17(26-14)10-7-11-19(23)28)15-12-18(27(31)32)24(29)20(13-15)33-2/h12-13,16,22-23,29H,3-11H2,1-2H3/p-1/t22-,23-/m1/s1. The molecule has 1 aliphatic heterocycles. The quantitative estimate of drug-likeness (QED) is 0.274. The molecular weight excluding hydrogens is 440 g/mol. The van der Waals surface area contributed by atoms with Gasteiger partial charge in [0.15, 0.2) is 0 Å². The Hall–Kier alpha value is -3.23. The molecule has 1 aromatic carbocycles. The van der Waals surface area contributed by atoms with Crippen molar-refractivity contribution >= 4 is 23.2 Å². The molecule has 2 atom stereocenters. The molecule has 0 unspecified atom stereocenters. The zero-order chi connectivity index (χ0) is 24.4. The number of nitrogens with zero attached hydrogens (tertiary/aromatic N) is 2. The molecule has 2 aliphatic carbocycles. The molecule has 2 fully saturated rings. The lowest BCUT2D eigenvalue weighted by molar-refractivity contribution is -0.398. The van der Waals surface area contributed by atoms with Crippen molar-refractivity contribution in [3.63, 3.8) is 0 Å².